The lowest BCUT2D eigenvalue weighted by Crippen LogP contribution is -2.45. The van der Waals surface area contributed by atoms with Crippen LogP contribution in [-0.4, -0.2) is 47.4 Å². The summed E-state index contributed by atoms with van der Waals surface area (Å²) in [4.78, 5) is 24.4. The standard InChI is InChI=1S/C62H121NO5/c1-3-5-7-9-11-13-15-36-40-44-48-52-56-62(67)68-57-53-49-45-41-37-34-32-30-28-26-24-22-20-18-16-17-19-21-23-25-27-29-31-33-35-39-43-47-51-55-61(66)63-59(58-64)60(65)54-50-46-42-38-14-12-10-8-6-4-2/h50,54,59-60,64-65H,3-49,51-53,55-58H2,1-2H3,(H,63,66)/b54-50+. The Hall–Kier alpha value is -1.40. The van der Waals surface area contributed by atoms with E-state index < -0.39 is 12.1 Å². The van der Waals surface area contributed by atoms with E-state index >= 15 is 0 Å². The number of aliphatic hydroxyl groups is 2. The molecule has 6 heteroatoms. The second-order valence-corrected chi connectivity index (χ2v) is 21.4. The number of unbranched alkanes of at least 4 members (excludes halogenated alkanes) is 47. The SMILES string of the molecule is CCCCCCCCCC/C=C/C(O)C(CO)NC(=O)CCCCCCCCCCCCCCCCCCCCCCCCCCCCCCCOC(=O)CCCCCCCCCCCCCC. The molecular weight excluding hydrogens is 839 g/mol. The normalized spacial score (nSPS) is 12.6. The molecule has 6 nitrogen and oxygen atoms in total. The lowest BCUT2D eigenvalue weighted by molar-refractivity contribution is -0.143. The minimum Gasteiger partial charge on any atom is -0.466 e. The van der Waals surface area contributed by atoms with Gasteiger partial charge in [-0.05, 0) is 32.1 Å². The molecule has 0 radical (unpaired) electrons. The average Bonchev–Trinajstić information content (AvgIpc) is 3.34. The van der Waals surface area contributed by atoms with Crippen molar-refractivity contribution in [3.05, 3.63) is 12.2 Å². The number of aliphatic hydroxyl groups excluding tert-OH is 2. The number of esters is 1. The van der Waals surface area contributed by atoms with E-state index in [4.69, 9.17) is 4.74 Å². The summed E-state index contributed by atoms with van der Waals surface area (Å²) < 4.78 is 5.48. The molecule has 0 aliphatic rings. The Kier molecular flexibility index (Phi) is 57.0. The Bertz CT molecular complexity index is 1020. The lowest BCUT2D eigenvalue weighted by Gasteiger charge is -2.20. The second-order valence-electron chi connectivity index (χ2n) is 21.4. The fourth-order valence-electron chi connectivity index (χ4n) is 9.81. The molecule has 0 aliphatic carbocycles. The van der Waals surface area contributed by atoms with Crippen LogP contribution >= 0.6 is 0 Å². The molecule has 0 aromatic carbocycles. The first-order valence-corrected chi connectivity index (χ1v) is 31.0. The topological polar surface area (TPSA) is 95.9 Å². The van der Waals surface area contributed by atoms with Gasteiger partial charge in [0.25, 0.3) is 0 Å². The lowest BCUT2D eigenvalue weighted by atomic mass is 10.0. The molecule has 0 spiro atoms. The number of nitrogens with one attached hydrogen (secondary N) is 1. The van der Waals surface area contributed by atoms with Gasteiger partial charge in [-0.25, -0.2) is 0 Å². The van der Waals surface area contributed by atoms with Gasteiger partial charge in [-0.1, -0.05) is 315 Å². The van der Waals surface area contributed by atoms with Crippen molar-refractivity contribution in [1.29, 1.82) is 0 Å². The Balaban J connectivity index is 3.31. The summed E-state index contributed by atoms with van der Waals surface area (Å²) in [7, 11) is 0. The number of hydrogen-bond donors (Lipinski definition) is 3. The van der Waals surface area contributed by atoms with Gasteiger partial charge >= 0.3 is 5.97 Å². The van der Waals surface area contributed by atoms with Crippen LogP contribution in [0.15, 0.2) is 12.2 Å². The van der Waals surface area contributed by atoms with Crippen molar-refractivity contribution in [1.82, 2.24) is 5.32 Å². The van der Waals surface area contributed by atoms with E-state index in [0.29, 0.717) is 19.4 Å². The molecule has 3 N–H and O–H groups in total. The third-order valence-corrected chi connectivity index (χ3v) is 14.6. The van der Waals surface area contributed by atoms with Crippen LogP contribution < -0.4 is 5.32 Å². The fourth-order valence-corrected chi connectivity index (χ4v) is 9.81. The van der Waals surface area contributed by atoms with E-state index in [1.54, 1.807) is 6.08 Å². The van der Waals surface area contributed by atoms with E-state index in [9.17, 15) is 19.8 Å². The van der Waals surface area contributed by atoms with Crippen molar-refractivity contribution in [2.75, 3.05) is 13.2 Å². The van der Waals surface area contributed by atoms with Crippen molar-refractivity contribution >= 4 is 11.9 Å². The van der Waals surface area contributed by atoms with Gasteiger partial charge in [-0.15, -0.1) is 0 Å². The zero-order valence-electron chi connectivity index (χ0n) is 46.1. The molecule has 0 aliphatic heterocycles. The monoisotopic (exact) mass is 960 g/mol. The first-order valence-electron chi connectivity index (χ1n) is 31.0. The third-order valence-electron chi connectivity index (χ3n) is 14.6. The van der Waals surface area contributed by atoms with Gasteiger partial charge in [-0.3, -0.25) is 9.59 Å². The zero-order valence-corrected chi connectivity index (χ0v) is 46.1. The number of hydrogen-bond acceptors (Lipinski definition) is 5. The predicted molar refractivity (Wildman–Crippen MR) is 297 cm³/mol. The van der Waals surface area contributed by atoms with Crippen LogP contribution in [0.4, 0.5) is 0 Å². The van der Waals surface area contributed by atoms with E-state index in [2.05, 4.69) is 19.2 Å². The minimum atomic E-state index is -0.839. The van der Waals surface area contributed by atoms with Crippen molar-refractivity contribution in [2.45, 2.75) is 360 Å². The largest absolute Gasteiger partial charge is 0.466 e. The van der Waals surface area contributed by atoms with E-state index in [0.717, 1.165) is 38.5 Å². The Labute approximate surface area is 425 Å². The molecule has 404 valence electrons. The summed E-state index contributed by atoms with van der Waals surface area (Å²) in [6.45, 7) is 4.91. The molecule has 68 heavy (non-hydrogen) atoms. The number of rotatable bonds is 58. The summed E-state index contributed by atoms with van der Waals surface area (Å²) in [5, 5.41) is 23.0. The minimum absolute atomic E-state index is 0.0201. The zero-order chi connectivity index (χ0) is 49.3. The molecular formula is C62H121NO5. The van der Waals surface area contributed by atoms with Gasteiger partial charge in [0.1, 0.15) is 0 Å². The van der Waals surface area contributed by atoms with Crippen LogP contribution in [0, 0.1) is 0 Å². The van der Waals surface area contributed by atoms with Crippen molar-refractivity contribution in [2.24, 2.45) is 0 Å². The highest BCUT2D eigenvalue weighted by Crippen LogP contribution is 2.18. The number of allylic oxidation sites excluding steroid dienone is 1. The van der Waals surface area contributed by atoms with Gasteiger partial charge in [0.15, 0.2) is 0 Å². The molecule has 0 aromatic rings. The highest BCUT2D eigenvalue weighted by Gasteiger charge is 2.18. The summed E-state index contributed by atoms with van der Waals surface area (Å²) in [6.07, 6.45) is 69.9. The van der Waals surface area contributed by atoms with Crippen LogP contribution in [0.2, 0.25) is 0 Å². The summed E-state index contributed by atoms with van der Waals surface area (Å²) in [5.41, 5.74) is 0. The average molecular weight is 961 g/mol. The molecule has 0 aromatic heterocycles. The third kappa shape index (κ3) is 53.9. The smallest absolute Gasteiger partial charge is 0.305 e. The number of carbonyl (C=O) groups excluding carboxylic acids is 2. The number of carbonyl (C=O) groups is 2. The molecule has 0 rings (SSSR count). The van der Waals surface area contributed by atoms with Crippen molar-refractivity contribution in [3.8, 4) is 0 Å². The van der Waals surface area contributed by atoms with Crippen LogP contribution in [0.5, 0.6) is 0 Å². The second kappa shape index (κ2) is 58.2. The van der Waals surface area contributed by atoms with Crippen LogP contribution in [-0.2, 0) is 14.3 Å². The van der Waals surface area contributed by atoms with E-state index in [-0.39, 0.29) is 18.5 Å². The maximum atomic E-state index is 12.4. The maximum absolute atomic E-state index is 12.4. The molecule has 2 unspecified atom stereocenters. The molecule has 2 atom stereocenters. The molecule has 0 saturated carbocycles. The summed E-state index contributed by atoms with van der Waals surface area (Å²) in [5.74, 6) is -0.0448. The molecule has 0 saturated heterocycles. The first-order chi connectivity index (χ1) is 33.5. The Morgan fingerprint density at radius 2 is 0.676 bits per heavy atom. The highest BCUT2D eigenvalue weighted by molar-refractivity contribution is 5.76. The van der Waals surface area contributed by atoms with Crippen molar-refractivity contribution in [3.63, 3.8) is 0 Å². The van der Waals surface area contributed by atoms with Crippen LogP contribution in [0.25, 0.3) is 0 Å². The van der Waals surface area contributed by atoms with Gasteiger partial charge in [0, 0.05) is 12.8 Å². The Morgan fingerprint density at radius 3 is 1.00 bits per heavy atom. The van der Waals surface area contributed by atoms with Gasteiger partial charge < -0.3 is 20.3 Å². The quantitative estimate of drug-likeness (QED) is 0.0321. The molecule has 0 heterocycles. The maximum Gasteiger partial charge on any atom is 0.305 e. The fraction of sp³-hybridized carbons (Fsp3) is 0.935. The van der Waals surface area contributed by atoms with Crippen molar-refractivity contribution < 1.29 is 24.5 Å². The summed E-state index contributed by atoms with van der Waals surface area (Å²) in [6, 6.07) is -0.622. The van der Waals surface area contributed by atoms with Crippen LogP contribution in [0.1, 0.15) is 348 Å². The predicted octanol–water partition coefficient (Wildman–Crippen LogP) is 19.2. The summed E-state index contributed by atoms with van der Waals surface area (Å²) >= 11 is 0. The number of ether oxygens (including phenoxy) is 1. The van der Waals surface area contributed by atoms with Gasteiger partial charge in [-0.2, -0.15) is 0 Å². The van der Waals surface area contributed by atoms with E-state index in [1.165, 1.54) is 283 Å². The van der Waals surface area contributed by atoms with Gasteiger partial charge in [0.05, 0.1) is 25.4 Å². The van der Waals surface area contributed by atoms with E-state index in [1.807, 2.05) is 6.08 Å². The Morgan fingerprint density at radius 1 is 0.397 bits per heavy atom. The van der Waals surface area contributed by atoms with Crippen LogP contribution in [0.3, 0.4) is 0 Å². The highest BCUT2D eigenvalue weighted by atomic mass is 16.5. The molecule has 0 fully saturated rings. The van der Waals surface area contributed by atoms with Gasteiger partial charge in [0.2, 0.25) is 5.91 Å². The number of amides is 1. The first kappa shape index (κ1) is 66.6. The molecule has 1 amide bonds. The molecule has 0 bridgehead atoms.